The number of allylic oxidation sites excluding steroid dienone is 4. The lowest BCUT2D eigenvalue weighted by Gasteiger charge is -2.13. The van der Waals surface area contributed by atoms with E-state index in [2.05, 4.69) is 40.7 Å². The molecule has 0 N–H and O–H groups in total. The summed E-state index contributed by atoms with van der Waals surface area (Å²) in [4.78, 5) is 0. The molecule has 0 radical (unpaired) electrons. The number of hydrogen-bond acceptors (Lipinski definition) is 0. The molecule has 1 aliphatic carbocycles. The zero-order chi connectivity index (χ0) is 9.30. The van der Waals surface area contributed by atoms with E-state index in [1.54, 1.807) is 11.1 Å². The first-order valence-electron chi connectivity index (χ1n) is 4.92. The summed E-state index contributed by atoms with van der Waals surface area (Å²) in [5.74, 6) is 1.41. The van der Waals surface area contributed by atoms with Crippen molar-refractivity contribution >= 4 is 0 Å². The van der Waals surface area contributed by atoms with Gasteiger partial charge in [-0.2, -0.15) is 0 Å². The van der Waals surface area contributed by atoms with Crippen LogP contribution in [0.3, 0.4) is 0 Å². The Balaban J connectivity index is 2.91. The first kappa shape index (κ1) is 9.57. The van der Waals surface area contributed by atoms with Gasteiger partial charge in [-0.15, -0.1) is 0 Å². The molecule has 0 amide bonds. The minimum absolute atomic E-state index is 0.694. The lowest BCUT2D eigenvalue weighted by molar-refractivity contribution is 0.700. The molecule has 1 rings (SSSR count). The molecule has 0 nitrogen and oxygen atoms in total. The van der Waals surface area contributed by atoms with E-state index < -0.39 is 0 Å². The van der Waals surface area contributed by atoms with E-state index in [9.17, 15) is 0 Å². The van der Waals surface area contributed by atoms with Crippen LogP contribution in [-0.2, 0) is 0 Å². The molecule has 0 atom stereocenters. The molecule has 0 unspecified atom stereocenters. The third-order valence-corrected chi connectivity index (χ3v) is 2.56. The third kappa shape index (κ3) is 1.80. The van der Waals surface area contributed by atoms with Crippen LogP contribution in [0.1, 0.15) is 41.0 Å². The molecule has 0 aromatic rings. The molecule has 0 bridgehead atoms. The molecule has 0 saturated heterocycles. The zero-order valence-electron chi connectivity index (χ0n) is 8.94. The molecular weight excluding hydrogens is 144 g/mol. The summed E-state index contributed by atoms with van der Waals surface area (Å²) in [6, 6.07) is 0. The van der Waals surface area contributed by atoms with Crippen molar-refractivity contribution in [2.24, 2.45) is 11.8 Å². The van der Waals surface area contributed by atoms with Crippen LogP contribution < -0.4 is 0 Å². The SMILES string of the molecule is CC1=CC(C(C)C)=C(C(C)C)C1. The molecule has 12 heavy (non-hydrogen) atoms. The van der Waals surface area contributed by atoms with Gasteiger partial charge in [0.25, 0.3) is 0 Å². The second-order valence-electron chi connectivity index (χ2n) is 4.46. The molecule has 0 aromatic heterocycles. The Morgan fingerprint density at radius 2 is 1.67 bits per heavy atom. The molecule has 0 heterocycles. The predicted molar refractivity (Wildman–Crippen MR) is 55.1 cm³/mol. The predicted octanol–water partition coefficient (Wildman–Crippen LogP) is 3.95. The van der Waals surface area contributed by atoms with E-state index in [0.29, 0.717) is 5.92 Å². The molecule has 0 fully saturated rings. The smallest absolute Gasteiger partial charge is 0.00995 e. The van der Waals surface area contributed by atoms with Crippen LogP contribution in [0.4, 0.5) is 0 Å². The van der Waals surface area contributed by atoms with Gasteiger partial charge in [-0.05, 0) is 30.8 Å². The second kappa shape index (κ2) is 3.47. The monoisotopic (exact) mass is 164 g/mol. The van der Waals surface area contributed by atoms with Gasteiger partial charge < -0.3 is 0 Å². The summed E-state index contributed by atoms with van der Waals surface area (Å²) in [5, 5.41) is 0. The maximum atomic E-state index is 2.38. The van der Waals surface area contributed by atoms with E-state index in [1.165, 1.54) is 12.0 Å². The Bertz CT molecular complexity index is 226. The fraction of sp³-hybridized carbons (Fsp3) is 0.667. The van der Waals surface area contributed by atoms with Gasteiger partial charge in [0.1, 0.15) is 0 Å². The summed E-state index contributed by atoms with van der Waals surface area (Å²) in [6.45, 7) is 11.4. The van der Waals surface area contributed by atoms with E-state index in [0.717, 1.165) is 5.92 Å². The Morgan fingerprint density at radius 1 is 1.08 bits per heavy atom. The van der Waals surface area contributed by atoms with Crippen molar-refractivity contribution in [3.63, 3.8) is 0 Å². The van der Waals surface area contributed by atoms with E-state index in [1.807, 2.05) is 0 Å². The summed E-state index contributed by atoms with van der Waals surface area (Å²) in [5.41, 5.74) is 4.77. The molecule has 0 aromatic carbocycles. The molecule has 1 aliphatic rings. The minimum Gasteiger partial charge on any atom is -0.0690 e. The van der Waals surface area contributed by atoms with Crippen molar-refractivity contribution in [1.82, 2.24) is 0 Å². The third-order valence-electron chi connectivity index (χ3n) is 2.56. The lowest BCUT2D eigenvalue weighted by atomic mass is 9.93. The van der Waals surface area contributed by atoms with Crippen LogP contribution in [0.15, 0.2) is 22.8 Å². The maximum absolute atomic E-state index is 2.38. The first-order valence-corrected chi connectivity index (χ1v) is 4.92. The Morgan fingerprint density at radius 3 is 2.00 bits per heavy atom. The quantitative estimate of drug-likeness (QED) is 0.580. The van der Waals surface area contributed by atoms with Gasteiger partial charge in [-0.25, -0.2) is 0 Å². The van der Waals surface area contributed by atoms with Crippen molar-refractivity contribution in [3.05, 3.63) is 22.8 Å². The van der Waals surface area contributed by atoms with Crippen LogP contribution in [0, 0.1) is 11.8 Å². The van der Waals surface area contributed by atoms with Gasteiger partial charge in [0, 0.05) is 0 Å². The van der Waals surface area contributed by atoms with Crippen LogP contribution in [-0.4, -0.2) is 0 Å². The Hall–Kier alpha value is -0.520. The lowest BCUT2D eigenvalue weighted by Crippen LogP contribution is -1.99. The summed E-state index contributed by atoms with van der Waals surface area (Å²) in [6.07, 6.45) is 3.59. The average Bonchev–Trinajstić information content (AvgIpc) is 2.31. The highest BCUT2D eigenvalue weighted by atomic mass is 14.2. The highest BCUT2D eigenvalue weighted by Gasteiger charge is 2.17. The molecule has 0 aliphatic heterocycles. The van der Waals surface area contributed by atoms with Crippen LogP contribution in [0.5, 0.6) is 0 Å². The van der Waals surface area contributed by atoms with Crippen molar-refractivity contribution in [3.8, 4) is 0 Å². The zero-order valence-corrected chi connectivity index (χ0v) is 8.94. The van der Waals surface area contributed by atoms with Gasteiger partial charge in [-0.1, -0.05) is 44.9 Å². The van der Waals surface area contributed by atoms with Gasteiger partial charge >= 0.3 is 0 Å². The topological polar surface area (TPSA) is 0 Å². The van der Waals surface area contributed by atoms with Gasteiger partial charge in [0.2, 0.25) is 0 Å². The molecule has 0 saturated carbocycles. The molecule has 0 spiro atoms. The number of hydrogen-bond donors (Lipinski definition) is 0. The summed E-state index contributed by atoms with van der Waals surface area (Å²) >= 11 is 0. The van der Waals surface area contributed by atoms with Gasteiger partial charge in [0.05, 0.1) is 0 Å². The highest BCUT2D eigenvalue weighted by molar-refractivity contribution is 5.40. The van der Waals surface area contributed by atoms with E-state index >= 15 is 0 Å². The van der Waals surface area contributed by atoms with Gasteiger partial charge in [-0.3, -0.25) is 0 Å². The highest BCUT2D eigenvalue weighted by Crippen LogP contribution is 2.34. The standard InChI is InChI=1S/C12H20/c1-8(2)11-6-10(5)7-12(11)9(3)4/h6,8-9H,7H2,1-5H3. The van der Waals surface area contributed by atoms with E-state index in [4.69, 9.17) is 0 Å². The largest absolute Gasteiger partial charge is 0.0690 e. The first-order chi connectivity index (χ1) is 5.52. The van der Waals surface area contributed by atoms with Crippen molar-refractivity contribution in [2.75, 3.05) is 0 Å². The van der Waals surface area contributed by atoms with Gasteiger partial charge in [0.15, 0.2) is 0 Å². The average molecular weight is 164 g/mol. The van der Waals surface area contributed by atoms with E-state index in [-0.39, 0.29) is 0 Å². The summed E-state index contributed by atoms with van der Waals surface area (Å²) in [7, 11) is 0. The fourth-order valence-electron chi connectivity index (χ4n) is 1.89. The Kier molecular flexibility index (Phi) is 2.76. The van der Waals surface area contributed by atoms with Crippen LogP contribution >= 0.6 is 0 Å². The van der Waals surface area contributed by atoms with Crippen molar-refractivity contribution in [2.45, 2.75) is 41.0 Å². The molecule has 68 valence electrons. The minimum atomic E-state index is 0.694. The maximum Gasteiger partial charge on any atom is -0.00995 e. The van der Waals surface area contributed by atoms with Crippen LogP contribution in [0.2, 0.25) is 0 Å². The van der Waals surface area contributed by atoms with Crippen molar-refractivity contribution < 1.29 is 0 Å². The molecular formula is C12H20. The fourth-order valence-corrected chi connectivity index (χ4v) is 1.89. The summed E-state index contributed by atoms with van der Waals surface area (Å²) < 4.78 is 0. The van der Waals surface area contributed by atoms with Crippen molar-refractivity contribution in [1.29, 1.82) is 0 Å². The number of rotatable bonds is 2. The normalized spacial score (nSPS) is 18.1. The molecule has 0 heteroatoms. The Labute approximate surface area is 76.4 Å². The second-order valence-corrected chi connectivity index (χ2v) is 4.46. The van der Waals surface area contributed by atoms with Crippen LogP contribution in [0.25, 0.3) is 0 Å².